The largest absolute Gasteiger partial charge is 0.467 e. The fraction of sp³-hybridized carbons (Fsp3) is 0.778. The van der Waals surface area contributed by atoms with E-state index in [9.17, 15) is 4.79 Å². The Hall–Kier alpha value is -1.14. The molecule has 1 saturated carbocycles. The van der Waals surface area contributed by atoms with Crippen LogP contribution in [0.25, 0.3) is 0 Å². The Morgan fingerprint density at radius 1 is 1.29 bits per heavy atom. The van der Waals surface area contributed by atoms with E-state index < -0.39 is 0 Å². The number of piperidine rings is 1. The van der Waals surface area contributed by atoms with E-state index in [4.69, 9.17) is 4.74 Å². The van der Waals surface area contributed by atoms with Crippen LogP contribution in [0.5, 0.6) is 5.19 Å². The average Bonchev–Trinajstić information content (AvgIpc) is 3.09. The van der Waals surface area contributed by atoms with Crippen molar-refractivity contribution in [1.29, 1.82) is 0 Å². The van der Waals surface area contributed by atoms with E-state index in [1.165, 1.54) is 24.1 Å². The van der Waals surface area contributed by atoms with Gasteiger partial charge in [-0.3, -0.25) is 4.79 Å². The highest BCUT2D eigenvalue weighted by Gasteiger charge is 2.31. The third kappa shape index (κ3) is 3.31. The van der Waals surface area contributed by atoms with Gasteiger partial charge in [0.1, 0.15) is 6.10 Å². The first-order valence-corrected chi connectivity index (χ1v) is 10.2. The molecule has 2 heterocycles. The summed E-state index contributed by atoms with van der Waals surface area (Å²) in [4.78, 5) is 20.2. The number of likely N-dealkylation sites (tertiary alicyclic amines) is 1. The Labute approximate surface area is 147 Å². The van der Waals surface area contributed by atoms with E-state index in [1.807, 2.05) is 6.92 Å². The minimum Gasteiger partial charge on any atom is -0.467 e. The minimum atomic E-state index is 0.118. The number of aryl methyl sites for hydroxylation is 1. The number of carbonyl (C=O) groups is 1. The molecule has 0 radical (unpaired) electrons. The summed E-state index contributed by atoms with van der Waals surface area (Å²) in [5, 5.41) is 3.91. The van der Waals surface area contributed by atoms with Crippen molar-refractivity contribution in [2.24, 2.45) is 0 Å². The van der Waals surface area contributed by atoms with Crippen molar-refractivity contribution < 1.29 is 9.53 Å². The third-order valence-electron chi connectivity index (χ3n) is 5.69. The molecule has 6 heteroatoms. The molecule has 132 valence electrons. The van der Waals surface area contributed by atoms with E-state index in [0.717, 1.165) is 55.7 Å². The Bertz CT molecular complexity index is 591. The molecule has 1 saturated heterocycles. The lowest BCUT2D eigenvalue weighted by Gasteiger charge is -2.41. The van der Waals surface area contributed by atoms with Crippen LogP contribution in [0.1, 0.15) is 68.5 Å². The molecule has 1 atom stereocenters. The van der Waals surface area contributed by atoms with Crippen molar-refractivity contribution in [1.82, 2.24) is 15.2 Å². The maximum absolute atomic E-state index is 11.7. The predicted octanol–water partition coefficient (Wildman–Crippen LogP) is 3.05. The summed E-state index contributed by atoms with van der Waals surface area (Å²) in [5.41, 5.74) is 1.13. The van der Waals surface area contributed by atoms with Gasteiger partial charge in [-0.05, 0) is 38.5 Å². The van der Waals surface area contributed by atoms with Crippen LogP contribution in [0.4, 0.5) is 0 Å². The third-order valence-corrected chi connectivity index (χ3v) is 6.79. The van der Waals surface area contributed by atoms with Crippen molar-refractivity contribution in [3.05, 3.63) is 10.6 Å². The number of aromatic nitrogens is 1. The van der Waals surface area contributed by atoms with Gasteiger partial charge in [-0.1, -0.05) is 24.7 Å². The van der Waals surface area contributed by atoms with E-state index in [0.29, 0.717) is 12.5 Å². The maximum atomic E-state index is 11.7. The maximum Gasteiger partial charge on any atom is 0.273 e. The van der Waals surface area contributed by atoms with Gasteiger partial charge in [0.2, 0.25) is 5.91 Å². The van der Waals surface area contributed by atoms with E-state index >= 15 is 0 Å². The Morgan fingerprint density at radius 3 is 2.75 bits per heavy atom. The molecule has 1 aliphatic heterocycles. The molecule has 3 aliphatic rings. The van der Waals surface area contributed by atoms with Gasteiger partial charge in [0.15, 0.2) is 0 Å². The topological polar surface area (TPSA) is 54.5 Å². The lowest BCUT2D eigenvalue weighted by atomic mass is 9.90. The Balaban J connectivity index is 1.32. The smallest absolute Gasteiger partial charge is 0.273 e. The molecule has 1 aromatic heterocycles. The standard InChI is InChI=1S/C18H27N3O2S/c1-2-16(22)19-14-6-7-15-17(14)24-18(20-15)23-13-8-10-21(11-9-13)12-4-3-5-12/h12-14H,2-11H2,1H3,(H,19,22). The van der Waals surface area contributed by atoms with Gasteiger partial charge >= 0.3 is 0 Å². The van der Waals surface area contributed by atoms with Crippen LogP contribution >= 0.6 is 11.3 Å². The first-order valence-electron chi connectivity index (χ1n) is 9.42. The van der Waals surface area contributed by atoms with Gasteiger partial charge in [-0.2, -0.15) is 0 Å². The summed E-state index contributed by atoms with van der Waals surface area (Å²) in [6.45, 7) is 4.22. The van der Waals surface area contributed by atoms with Gasteiger partial charge in [-0.15, -0.1) is 0 Å². The average molecular weight is 350 g/mol. The second-order valence-electron chi connectivity index (χ2n) is 7.24. The fourth-order valence-electron chi connectivity index (χ4n) is 3.94. The lowest BCUT2D eigenvalue weighted by Crippen LogP contribution is -2.46. The number of rotatable bonds is 5. The van der Waals surface area contributed by atoms with Crippen LogP contribution in [0.2, 0.25) is 0 Å². The number of fused-ring (bicyclic) bond motifs is 1. The van der Waals surface area contributed by atoms with Crippen LogP contribution in [0.3, 0.4) is 0 Å². The summed E-state index contributed by atoms with van der Waals surface area (Å²) < 4.78 is 6.18. The molecule has 1 aromatic rings. The predicted molar refractivity (Wildman–Crippen MR) is 94.5 cm³/mol. The van der Waals surface area contributed by atoms with Crippen molar-refractivity contribution in [2.45, 2.75) is 76.5 Å². The Kier molecular flexibility index (Phi) is 4.77. The highest BCUT2D eigenvalue weighted by Crippen LogP contribution is 2.39. The molecule has 2 fully saturated rings. The van der Waals surface area contributed by atoms with Crippen LogP contribution in [0.15, 0.2) is 0 Å². The summed E-state index contributed by atoms with van der Waals surface area (Å²) in [7, 11) is 0. The number of hydrogen-bond donors (Lipinski definition) is 1. The summed E-state index contributed by atoms with van der Waals surface area (Å²) in [5.74, 6) is 0.118. The molecule has 24 heavy (non-hydrogen) atoms. The van der Waals surface area contributed by atoms with E-state index in [1.54, 1.807) is 11.3 Å². The molecule has 0 bridgehead atoms. The quantitative estimate of drug-likeness (QED) is 0.888. The number of amides is 1. The SMILES string of the molecule is CCC(=O)NC1CCc2nc(OC3CCN(C4CCC4)CC3)sc21. The highest BCUT2D eigenvalue weighted by atomic mass is 32.1. The fourth-order valence-corrected chi connectivity index (χ4v) is 5.06. The monoisotopic (exact) mass is 349 g/mol. The molecule has 2 aliphatic carbocycles. The van der Waals surface area contributed by atoms with Gasteiger partial charge < -0.3 is 15.0 Å². The molecular weight excluding hydrogens is 322 g/mol. The number of nitrogens with one attached hydrogen (secondary N) is 1. The molecule has 1 N–H and O–H groups in total. The van der Waals surface area contributed by atoms with Crippen LogP contribution in [0, 0.1) is 0 Å². The number of carbonyl (C=O) groups excluding carboxylic acids is 1. The zero-order valence-corrected chi connectivity index (χ0v) is 15.2. The Morgan fingerprint density at radius 2 is 2.08 bits per heavy atom. The lowest BCUT2D eigenvalue weighted by molar-refractivity contribution is -0.121. The minimum absolute atomic E-state index is 0.118. The van der Waals surface area contributed by atoms with Gasteiger partial charge in [0, 0.05) is 25.6 Å². The number of nitrogens with zero attached hydrogens (tertiary/aromatic N) is 2. The highest BCUT2D eigenvalue weighted by molar-refractivity contribution is 7.13. The van der Waals surface area contributed by atoms with Crippen LogP contribution in [-0.4, -0.2) is 41.0 Å². The zero-order chi connectivity index (χ0) is 16.5. The number of thiazole rings is 1. The molecule has 0 spiro atoms. The number of hydrogen-bond acceptors (Lipinski definition) is 5. The molecule has 1 unspecified atom stereocenters. The van der Waals surface area contributed by atoms with Gasteiger partial charge in [-0.25, -0.2) is 4.98 Å². The van der Waals surface area contributed by atoms with Crippen LogP contribution < -0.4 is 10.1 Å². The second kappa shape index (κ2) is 7.00. The van der Waals surface area contributed by atoms with E-state index in [-0.39, 0.29) is 11.9 Å². The van der Waals surface area contributed by atoms with Gasteiger partial charge in [0.05, 0.1) is 16.6 Å². The normalized spacial score (nSPS) is 25.3. The van der Waals surface area contributed by atoms with Crippen molar-refractivity contribution in [3.8, 4) is 5.19 Å². The zero-order valence-electron chi connectivity index (χ0n) is 14.4. The summed E-state index contributed by atoms with van der Waals surface area (Å²) in [6, 6.07) is 0.986. The van der Waals surface area contributed by atoms with Gasteiger partial charge in [0.25, 0.3) is 5.19 Å². The molecule has 5 nitrogen and oxygen atoms in total. The molecule has 0 aromatic carbocycles. The van der Waals surface area contributed by atoms with Crippen molar-refractivity contribution in [2.75, 3.05) is 13.1 Å². The molecular formula is C18H27N3O2S. The van der Waals surface area contributed by atoms with Crippen molar-refractivity contribution in [3.63, 3.8) is 0 Å². The number of ether oxygens (including phenoxy) is 1. The first-order chi connectivity index (χ1) is 11.7. The summed E-state index contributed by atoms with van der Waals surface area (Å²) >= 11 is 1.64. The summed E-state index contributed by atoms with van der Waals surface area (Å²) in [6.07, 6.45) is 9.15. The molecule has 1 amide bonds. The van der Waals surface area contributed by atoms with Crippen LogP contribution in [-0.2, 0) is 11.2 Å². The van der Waals surface area contributed by atoms with Crippen molar-refractivity contribution >= 4 is 17.2 Å². The van der Waals surface area contributed by atoms with E-state index in [2.05, 4.69) is 15.2 Å². The molecule has 4 rings (SSSR count). The second-order valence-corrected chi connectivity index (χ2v) is 8.23. The first kappa shape index (κ1) is 16.3.